The Hall–Kier alpha value is -0.610. The van der Waals surface area contributed by atoms with Gasteiger partial charge in [-0.2, -0.15) is 0 Å². The monoisotopic (exact) mass is 310 g/mol. The molecule has 0 aromatic rings. The summed E-state index contributed by atoms with van der Waals surface area (Å²) in [6.45, 7) is 8.01. The van der Waals surface area contributed by atoms with Crippen molar-refractivity contribution in [3.8, 4) is 0 Å². The fraction of sp³-hybridized carbons (Fsp3) is 0.944. The van der Waals surface area contributed by atoms with Gasteiger partial charge in [-0.15, -0.1) is 0 Å². The van der Waals surface area contributed by atoms with Gasteiger partial charge in [-0.3, -0.25) is 4.79 Å². The van der Waals surface area contributed by atoms with Gasteiger partial charge in [0.1, 0.15) is 0 Å². The topological polar surface area (TPSA) is 41.6 Å². The first kappa shape index (κ1) is 17.7. The SMILES string of the molecule is CC1CCCC(OCCCCCC(=O)N2CCN[C@H](C)C2)C1. The van der Waals surface area contributed by atoms with E-state index < -0.39 is 0 Å². The summed E-state index contributed by atoms with van der Waals surface area (Å²) in [6, 6.07) is 0.434. The van der Waals surface area contributed by atoms with Crippen LogP contribution in [-0.4, -0.2) is 49.2 Å². The Morgan fingerprint density at radius 1 is 1.23 bits per heavy atom. The zero-order chi connectivity index (χ0) is 15.8. The maximum atomic E-state index is 12.1. The smallest absolute Gasteiger partial charge is 0.222 e. The summed E-state index contributed by atoms with van der Waals surface area (Å²) in [5.41, 5.74) is 0. The number of piperazine rings is 1. The van der Waals surface area contributed by atoms with Crippen LogP contribution in [0.25, 0.3) is 0 Å². The summed E-state index contributed by atoms with van der Waals surface area (Å²) in [6.07, 6.45) is 9.56. The van der Waals surface area contributed by atoms with Gasteiger partial charge in [0.2, 0.25) is 5.91 Å². The Bertz CT molecular complexity index is 335. The second-order valence-electron chi connectivity index (χ2n) is 7.27. The lowest BCUT2D eigenvalue weighted by Crippen LogP contribution is -2.51. The van der Waals surface area contributed by atoms with Crippen LogP contribution >= 0.6 is 0 Å². The molecule has 0 aromatic heterocycles. The number of nitrogens with one attached hydrogen (secondary N) is 1. The number of unbranched alkanes of at least 4 members (excludes halogenated alkanes) is 2. The maximum absolute atomic E-state index is 12.1. The number of hydrogen-bond acceptors (Lipinski definition) is 3. The molecule has 22 heavy (non-hydrogen) atoms. The van der Waals surface area contributed by atoms with Gasteiger partial charge >= 0.3 is 0 Å². The summed E-state index contributed by atoms with van der Waals surface area (Å²) in [5, 5.41) is 3.37. The number of carbonyl (C=O) groups excluding carboxylic acids is 1. The Labute approximate surface area is 136 Å². The van der Waals surface area contributed by atoms with Crippen molar-refractivity contribution in [2.45, 2.75) is 77.4 Å². The zero-order valence-corrected chi connectivity index (χ0v) is 14.5. The third-order valence-corrected chi connectivity index (χ3v) is 5.00. The minimum absolute atomic E-state index is 0.329. The van der Waals surface area contributed by atoms with Crippen molar-refractivity contribution in [3.05, 3.63) is 0 Å². The van der Waals surface area contributed by atoms with Crippen LogP contribution in [0.15, 0.2) is 0 Å². The summed E-state index contributed by atoms with van der Waals surface area (Å²) in [5.74, 6) is 1.16. The molecule has 2 unspecified atom stereocenters. The van der Waals surface area contributed by atoms with E-state index in [0.29, 0.717) is 24.5 Å². The molecule has 4 heteroatoms. The molecule has 0 aromatic carbocycles. The van der Waals surface area contributed by atoms with Crippen molar-refractivity contribution in [1.29, 1.82) is 0 Å². The number of rotatable bonds is 7. The highest BCUT2D eigenvalue weighted by Crippen LogP contribution is 2.25. The van der Waals surface area contributed by atoms with Gasteiger partial charge in [0.25, 0.3) is 0 Å². The fourth-order valence-corrected chi connectivity index (χ4v) is 3.65. The normalized spacial score (nSPS) is 29.5. The third-order valence-electron chi connectivity index (χ3n) is 5.00. The number of carbonyl (C=O) groups is 1. The number of hydrogen-bond donors (Lipinski definition) is 1. The van der Waals surface area contributed by atoms with Crippen molar-refractivity contribution in [3.63, 3.8) is 0 Å². The van der Waals surface area contributed by atoms with E-state index in [1.54, 1.807) is 0 Å². The van der Waals surface area contributed by atoms with E-state index in [1.165, 1.54) is 25.7 Å². The molecule has 1 saturated heterocycles. The lowest BCUT2D eigenvalue weighted by atomic mass is 9.89. The van der Waals surface area contributed by atoms with Gasteiger partial charge in [0.05, 0.1) is 6.10 Å². The molecular formula is C18H34N2O2. The average molecular weight is 310 g/mol. The van der Waals surface area contributed by atoms with E-state index >= 15 is 0 Å². The Morgan fingerprint density at radius 3 is 2.86 bits per heavy atom. The molecule has 128 valence electrons. The van der Waals surface area contributed by atoms with Crippen LogP contribution in [0.5, 0.6) is 0 Å². The summed E-state index contributed by atoms with van der Waals surface area (Å²) < 4.78 is 5.99. The lowest BCUT2D eigenvalue weighted by Gasteiger charge is -2.32. The quantitative estimate of drug-likeness (QED) is 0.735. The largest absolute Gasteiger partial charge is 0.378 e. The van der Waals surface area contributed by atoms with Gasteiger partial charge in [-0.05, 0) is 38.5 Å². The van der Waals surface area contributed by atoms with Gasteiger partial charge in [0, 0.05) is 38.7 Å². The molecule has 1 heterocycles. The number of amides is 1. The van der Waals surface area contributed by atoms with E-state index in [1.807, 2.05) is 4.90 Å². The van der Waals surface area contributed by atoms with Gasteiger partial charge < -0.3 is 15.0 Å². The molecule has 1 aliphatic heterocycles. The fourth-order valence-electron chi connectivity index (χ4n) is 3.65. The maximum Gasteiger partial charge on any atom is 0.222 e. The van der Waals surface area contributed by atoms with Crippen molar-refractivity contribution >= 4 is 5.91 Å². The molecule has 4 nitrogen and oxygen atoms in total. The second kappa shape index (κ2) is 9.51. The van der Waals surface area contributed by atoms with Crippen LogP contribution in [0.2, 0.25) is 0 Å². The van der Waals surface area contributed by atoms with E-state index in [2.05, 4.69) is 19.2 Å². The van der Waals surface area contributed by atoms with Crippen LogP contribution in [-0.2, 0) is 9.53 Å². The highest BCUT2D eigenvalue weighted by atomic mass is 16.5. The Kier molecular flexibility index (Phi) is 7.67. The van der Waals surface area contributed by atoms with Crippen LogP contribution in [0, 0.1) is 5.92 Å². The van der Waals surface area contributed by atoms with E-state index in [4.69, 9.17) is 4.74 Å². The minimum atomic E-state index is 0.329. The molecule has 2 rings (SSSR count). The third kappa shape index (κ3) is 6.25. The second-order valence-corrected chi connectivity index (χ2v) is 7.27. The van der Waals surface area contributed by atoms with Crippen LogP contribution in [0.4, 0.5) is 0 Å². The van der Waals surface area contributed by atoms with Crippen molar-refractivity contribution < 1.29 is 9.53 Å². The lowest BCUT2D eigenvalue weighted by molar-refractivity contribution is -0.132. The molecule has 1 saturated carbocycles. The molecule has 2 fully saturated rings. The van der Waals surface area contributed by atoms with E-state index in [9.17, 15) is 4.79 Å². The predicted molar refractivity (Wildman–Crippen MR) is 89.9 cm³/mol. The minimum Gasteiger partial charge on any atom is -0.378 e. The summed E-state index contributed by atoms with van der Waals surface area (Å²) in [7, 11) is 0. The number of ether oxygens (including phenoxy) is 1. The molecule has 2 aliphatic rings. The Morgan fingerprint density at radius 2 is 2.09 bits per heavy atom. The summed E-state index contributed by atoms with van der Waals surface area (Å²) in [4.78, 5) is 14.1. The molecule has 0 spiro atoms. The van der Waals surface area contributed by atoms with Gasteiger partial charge in [0.15, 0.2) is 0 Å². The van der Waals surface area contributed by atoms with Gasteiger partial charge in [-0.1, -0.05) is 26.2 Å². The van der Waals surface area contributed by atoms with Crippen molar-refractivity contribution in [2.24, 2.45) is 5.92 Å². The first-order valence-electron chi connectivity index (χ1n) is 9.28. The van der Waals surface area contributed by atoms with E-state index in [0.717, 1.165) is 51.4 Å². The Balaban J connectivity index is 1.47. The average Bonchev–Trinajstić information content (AvgIpc) is 2.50. The first-order valence-corrected chi connectivity index (χ1v) is 9.28. The molecular weight excluding hydrogens is 276 g/mol. The predicted octanol–water partition coefficient (Wildman–Crippen LogP) is 2.96. The van der Waals surface area contributed by atoms with E-state index in [-0.39, 0.29) is 0 Å². The number of nitrogens with zero attached hydrogens (tertiary/aromatic N) is 1. The molecule has 1 aliphatic carbocycles. The van der Waals surface area contributed by atoms with Crippen molar-refractivity contribution in [1.82, 2.24) is 10.2 Å². The van der Waals surface area contributed by atoms with Crippen LogP contribution in [0.1, 0.15) is 65.2 Å². The highest BCUT2D eigenvalue weighted by molar-refractivity contribution is 5.76. The molecule has 3 atom stereocenters. The first-order chi connectivity index (χ1) is 10.6. The van der Waals surface area contributed by atoms with Crippen LogP contribution in [0.3, 0.4) is 0 Å². The molecule has 1 amide bonds. The van der Waals surface area contributed by atoms with Crippen LogP contribution < -0.4 is 5.32 Å². The summed E-state index contributed by atoms with van der Waals surface area (Å²) >= 11 is 0. The molecule has 1 N–H and O–H groups in total. The zero-order valence-electron chi connectivity index (χ0n) is 14.5. The van der Waals surface area contributed by atoms with Crippen molar-refractivity contribution in [2.75, 3.05) is 26.2 Å². The standard InChI is InChI=1S/C18H34N2O2/c1-15-7-6-8-17(13-15)22-12-5-3-4-9-18(21)20-11-10-19-16(2)14-20/h15-17,19H,3-14H2,1-2H3/t15?,16-,17?/m1/s1. The molecule has 0 radical (unpaired) electrons. The molecule has 0 bridgehead atoms. The van der Waals surface area contributed by atoms with Gasteiger partial charge in [-0.25, -0.2) is 0 Å². The highest BCUT2D eigenvalue weighted by Gasteiger charge is 2.20.